The number of oxime groups is 1. The Bertz CT molecular complexity index is 809. The quantitative estimate of drug-likeness (QED) is 0.515. The minimum absolute atomic E-state index is 0.0673. The van der Waals surface area contributed by atoms with Crippen molar-refractivity contribution in [2.45, 2.75) is 57.2 Å². The average Bonchev–Trinajstić information content (AvgIpc) is 2.93. The molecule has 4 rings (SSSR count). The molecule has 5 nitrogen and oxygen atoms in total. The van der Waals surface area contributed by atoms with Crippen LogP contribution < -0.4 is 4.74 Å². The molecule has 1 unspecified atom stereocenters. The van der Waals surface area contributed by atoms with Gasteiger partial charge in [-0.3, -0.25) is 0 Å². The minimum atomic E-state index is -4.50. The van der Waals surface area contributed by atoms with Crippen LogP contribution in [0.1, 0.15) is 56.1 Å². The smallest absolute Gasteiger partial charge is 0.422 e. The first kappa shape index (κ1) is 19.4. The number of benzene rings is 1. The zero-order chi connectivity index (χ0) is 20.3. The summed E-state index contributed by atoms with van der Waals surface area (Å²) in [6.45, 7) is 0.618. The van der Waals surface area contributed by atoms with Crippen molar-refractivity contribution >= 4 is 5.71 Å². The number of aromatic hydroxyl groups is 1. The zero-order valence-electron chi connectivity index (χ0n) is 15.5. The van der Waals surface area contributed by atoms with Crippen LogP contribution in [0.3, 0.4) is 0 Å². The average molecular weight is 399 g/mol. The second-order valence-corrected chi connectivity index (χ2v) is 8.58. The first-order valence-corrected chi connectivity index (χ1v) is 9.60. The maximum absolute atomic E-state index is 12.5. The maximum atomic E-state index is 12.5. The molecule has 0 aromatic heterocycles. The monoisotopic (exact) mass is 399 g/mol. The van der Waals surface area contributed by atoms with Gasteiger partial charge in [0.2, 0.25) is 0 Å². The highest BCUT2D eigenvalue weighted by atomic mass is 19.4. The molecule has 3 N–H and O–H groups in total. The third-order valence-electron chi connectivity index (χ3n) is 7.17. The molecule has 154 valence electrons. The van der Waals surface area contributed by atoms with Crippen molar-refractivity contribution in [3.05, 3.63) is 23.3 Å². The Morgan fingerprint density at radius 1 is 1.25 bits per heavy atom. The molecule has 0 spiro atoms. The van der Waals surface area contributed by atoms with Gasteiger partial charge in [-0.05, 0) is 73.0 Å². The van der Waals surface area contributed by atoms with Gasteiger partial charge in [0.25, 0.3) is 0 Å². The topological polar surface area (TPSA) is 82.3 Å². The normalized spacial score (nSPS) is 36.0. The number of nitrogens with zero attached hydrogens (tertiary/aromatic N) is 1. The van der Waals surface area contributed by atoms with Crippen molar-refractivity contribution in [2.24, 2.45) is 22.4 Å². The molecule has 3 aliphatic rings. The summed E-state index contributed by atoms with van der Waals surface area (Å²) in [4.78, 5) is 0. The third-order valence-corrected chi connectivity index (χ3v) is 7.17. The standard InChI is InChI=1S/C20H24F3NO4/c1-19-5-4-10-11-8-17(28-9-20(21,22)23)16(25)7-13(11)15(24-27)6-12(10)14(19)2-3-18(19)26/h7-8,10,12,14,18,25-27H,2-6,9H2,1H3/b24-15-/t10-,12-,14+,18?,19+/m1/s1. The number of hydrogen-bond acceptors (Lipinski definition) is 5. The van der Waals surface area contributed by atoms with Crippen LogP contribution in [0.2, 0.25) is 0 Å². The molecule has 0 amide bonds. The van der Waals surface area contributed by atoms with E-state index in [4.69, 9.17) is 4.74 Å². The van der Waals surface area contributed by atoms with Crippen molar-refractivity contribution in [2.75, 3.05) is 6.61 Å². The van der Waals surface area contributed by atoms with Crippen molar-refractivity contribution in [1.29, 1.82) is 0 Å². The van der Waals surface area contributed by atoms with Crippen molar-refractivity contribution in [1.82, 2.24) is 0 Å². The fourth-order valence-corrected chi connectivity index (χ4v) is 5.77. The number of fused-ring (bicyclic) bond motifs is 5. The Hall–Kier alpha value is -1.96. The van der Waals surface area contributed by atoms with Gasteiger partial charge in [0.15, 0.2) is 18.1 Å². The highest BCUT2D eigenvalue weighted by Gasteiger charge is 2.55. The molecule has 1 aromatic carbocycles. The van der Waals surface area contributed by atoms with Gasteiger partial charge in [0, 0.05) is 5.56 Å². The molecule has 28 heavy (non-hydrogen) atoms. The van der Waals surface area contributed by atoms with Gasteiger partial charge >= 0.3 is 6.18 Å². The molecule has 0 heterocycles. The van der Waals surface area contributed by atoms with Gasteiger partial charge in [-0.1, -0.05) is 12.1 Å². The summed E-state index contributed by atoms with van der Waals surface area (Å²) in [5.74, 6) is -0.167. The van der Waals surface area contributed by atoms with E-state index >= 15 is 0 Å². The number of phenolic OH excluding ortho intramolecular Hbond substituents is 1. The van der Waals surface area contributed by atoms with Crippen LogP contribution in [0.4, 0.5) is 13.2 Å². The number of halogens is 3. The Kier molecular flexibility index (Phi) is 4.52. The van der Waals surface area contributed by atoms with E-state index in [-0.39, 0.29) is 35.0 Å². The first-order valence-electron chi connectivity index (χ1n) is 9.60. The van der Waals surface area contributed by atoms with Crippen LogP contribution in [0.25, 0.3) is 0 Å². The molecular weight excluding hydrogens is 375 g/mol. The molecule has 0 radical (unpaired) electrons. The Balaban J connectivity index is 1.72. The van der Waals surface area contributed by atoms with Crippen LogP contribution in [0.5, 0.6) is 11.5 Å². The van der Waals surface area contributed by atoms with Crippen molar-refractivity contribution < 1.29 is 33.3 Å². The number of ether oxygens (including phenoxy) is 1. The van der Waals surface area contributed by atoms with Gasteiger partial charge in [-0.2, -0.15) is 13.2 Å². The summed E-state index contributed by atoms with van der Waals surface area (Å²) < 4.78 is 42.4. The lowest BCUT2D eigenvalue weighted by atomic mass is 9.55. The largest absolute Gasteiger partial charge is 0.504 e. The fourth-order valence-electron chi connectivity index (χ4n) is 5.77. The van der Waals surface area contributed by atoms with Crippen molar-refractivity contribution in [3.63, 3.8) is 0 Å². The van der Waals surface area contributed by atoms with Gasteiger partial charge in [-0.15, -0.1) is 0 Å². The summed E-state index contributed by atoms with van der Waals surface area (Å²) >= 11 is 0. The summed E-state index contributed by atoms with van der Waals surface area (Å²) in [6.07, 6.45) is -1.13. The van der Waals surface area contributed by atoms with E-state index in [9.17, 15) is 28.6 Å². The van der Waals surface area contributed by atoms with E-state index in [0.29, 0.717) is 17.7 Å². The second kappa shape index (κ2) is 6.54. The SMILES string of the molecule is C[C@]12CC[C@@H]3c4cc(OCC(F)(F)F)c(O)cc4/C(=N\O)C[C@H]3[C@@H]1CCC2O. The van der Waals surface area contributed by atoms with Gasteiger partial charge in [-0.25, -0.2) is 0 Å². The van der Waals surface area contributed by atoms with E-state index in [1.165, 1.54) is 12.1 Å². The van der Waals surface area contributed by atoms with E-state index in [2.05, 4.69) is 12.1 Å². The predicted molar refractivity (Wildman–Crippen MR) is 94.9 cm³/mol. The molecule has 0 saturated heterocycles. The number of hydrogen-bond donors (Lipinski definition) is 3. The Morgan fingerprint density at radius 3 is 2.68 bits per heavy atom. The lowest BCUT2D eigenvalue weighted by Crippen LogP contribution is -2.45. The first-order chi connectivity index (χ1) is 13.1. The fraction of sp³-hybridized carbons (Fsp3) is 0.650. The lowest BCUT2D eigenvalue weighted by Gasteiger charge is -2.50. The van der Waals surface area contributed by atoms with Crippen LogP contribution >= 0.6 is 0 Å². The van der Waals surface area contributed by atoms with E-state index in [1.807, 2.05) is 0 Å². The Morgan fingerprint density at radius 2 is 2.00 bits per heavy atom. The highest BCUT2D eigenvalue weighted by Crippen LogP contribution is 2.61. The maximum Gasteiger partial charge on any atom is 0.422 e. The summed E-state index contributed by atoms with van der Waals surface area (Å²) in [5, 5.41) is 33.6. The van der Waals surface area contributed by atoms with E-state index < -0.39 is 18.5 Å². The molecular formula is C20H24F3NO4. The molecule has 1 aromatic rings. The van der Waals surface area contributed by atoms with E-state index in [1.54, 1.807) is 0 Å². The van der Waals surface area contributed by atoms with Gasteiger partial charge in [0.05, 0.1) is 11.8 Å². The summed E-state index contributed by atoms with van der Waals surface area (Å²) in [7, 11) is 0. The summed E-state index contributed by atoms with van der Waals surface area (Å²) in [5.41, 5.74) is 1.54. The molecule has 8 heteroatoms. The number of alkyl halides is 3. The number of aliphatic hydroxyl groups is 1. The third kappa shape index (κ3) is 3.02. The zero-order valence-corrected chi connectivity index (χ0v) is 15.5. The van der Waals surface area contributed by atoms with Gasteiger partial charge in [0.1, 0.15) is 0 Å². The number of aliphatic hydroxyl groups excluding tert-OH is 1. The van der Waals surface area contributed by atoms with Crippen molar-refractivity contribution in [3.8, 4) is 11.5 Å². The summed E-state index contributed by atoms with van der Waals surface area (Å²) in [6, 6.07) is 2.80. The van der Waals surface area contributed by atoms with Crippen LogP contribution in [0.15, 0.2) is 17.3 Å². The van der Waals surface area contributed by atoms with Crippen LogP contribution in [-0.4, -0.2) is 40.0 Å². The molecule has 0 aliphatic heterocycles. The van der Waals surface area contributed by atoms with Gasteiger partial charge < -0.3 is 20.2 Å². The second-order valence-electron chi connectivity index (χ2n) is 8.58. The molecule has 5 atom stereocenters. The van der Waals surface area contributed by atoms with E-state index in [0.717, 1.165) is 31.2 Å². The molecule has 2 fully saturated rings. The Labute approximate surface area is 160 Å². The predicted octanol–water partition coefficient (Wildman–Crippen LogP) is 4.19. The molecule has 0 bridgehead atoms. The number of rotatable bonds is 2. The minimum Gasteiger partial charge on any atom is -0.504 e. The molecule has 2 saturated carbocycles. The highest BCUT2D eigenvalue weighted by molar-refractivity contribution is 6.03. The van der Waals surface area contributed by atoms with Crippen LogP contribution in [0, 0.1) is 17.3 Å². The number of phenols is 1. The van der Waals surface area contributed by atoms with Crippen LogP contribution in [-0.2, 0) is 0 Å². The molecule has 3 aliphatic carbocycles. The lowest BCUT2D eigenvalue weighted by molar-refractivity contribution is -0.153.